The number of rotatable bonds is 3. The Morgan fingerprint density at radius 2 is 2.12 bits per heavy atom. The molecule has 1 aliphatic rings. The van der Waals surface area contributed by atoms with E-state index in [4.69, 9.17) is 10.2 Å². The van der Waals surface area contributed by atoms with Crippen molar-refractivity contribution in [3.05, 3.63) is 47.4 Å². The highest BCUT2D eigenvalue weighted by Gasteiger charge is 2.40. The summed E-state index contributed by atoms with van der Waals surface area (Å²) in [4.78, 5) is 20.7. The van der Waals surface area contributed by atoms with Gasteiger partial charge in [0.05, 0.1) is 5.54 Å². The molecule has 8 heteroatoms. The number of aromatic nitrogens is 1. The van der Waals surface area contributed by atoms with Crippen LogP contribution in [0.1, 0.15) is 49.1 Å². The monoisotopic (exact) mass is 376 g/mol. The highest BCUT2D eigenvalue weighted by molar-refractivity contribution is 8.15. The van der Waals surface area contributed by atoms with Crippen molar-refractivity contribution in [1.82, 2.24) is 4.98 Å². The molecule has 0 spiro atoms. The lowest BCUT2D eigenvalue weighted by Gasteiger charge is -2.39. The summed E-state index contributed by atoms with van der Waals surface area (Å²) >= 11 is 1.48. The molecule has 0 fully saturated rings. The molecular weight excluding hydrogens is 355 g/mol. The van der Waals surface area contributed by atoms with E-state index in [0.717, 1.165) is 0 Å². The second-order valence-electron chi connectivity index (χ2n) is 7.16. The molecule has 6 nitrogen and oxygen atoms in total. The maximum absolute atomic E-state index is 14.6. The average molecular weight is 376 g/mol. The van der Waals surface area contributed by atoms with E-state index in [-0.39, 0.29) is 16.3 Å². The third kappa shape index (κ3) is 3.75. The molecule has 1 unspecified atom stereocenters. The van der Waals surface area contributed by atoms with Crippen LogP contribution in [0.15, 0.2) is 33.9 Å². The SMILES string of the molecule is Cc1nc(C(=O)Nc2ccc(F)c(C3(C)CC(C)(C)SC(N)=N3)c2)co1. The Morgan fingerprint density at radius 1 is 1.38 bits per heavy atom. The molecule has 1 aliphatic heterocycles. The second-order valence-corrected chi connectivity index (χ2v) is 8.89. The number of nitrogens with one attached hydrogen (secondary N) is 1. The van der Waals surface area contributed by atoms with Crippen LogP contribution in [0, 0.1) is 12.7 Å². The molecule has 3 N–H and O–H groups in total. The molecule has 1 aromatic carbocycles. The van der Waals surface area contributed by atoms with Gasteiger partial charge < -0.3 is 15.5 Å². The van der Waals surface area contributed by atoms with Crippen LogP contribution in [0.2, 0.25) is 0 Å². The van der Waals surface area contributed by atoms with Crippen LogP contribution in [0.5, 0.6) is 0 Å². The summed E-state index contributed by atoms with van der Waals surface area (Å²) in [6.45, 7) is 7.60. The summed E-state index contributed by atoms with van der Waals surface area (Å²) < 4.78 is 19.5. The molecule has 0 saturated carbocycles. The van der Waals surface area contributed by atoms with Crippen molar-refractivity contribution in [2.24, 2.45) is 10.7 Å². The van der Waals surface area contributed by atoms with Gasteiger partial charge >= 0.3 is 0 Å². The van der Waals surface area contributed by atoms with Crippen molar-refractivity contribution in [3.8, 4) is 0 Å². The molecule has 2 aromatic rings. The van der Waals surface area contributed by atoms with E-state index in [1.165, 1.54) is 30.2 Å². The molecule has 26 heavy (non-hydrogen) atoms. The van der Waals surface area contributed by atoms with Gasteiger partial charge in [0.1, 0.15) is 12.1 Å². The fourth-order valence-electron chi connectivity index (χ4n) is 3.29. The zero-order valence-electron chi connectivity index (χ0n) is 15.1. The standard InChI is InChI=1S/C18H21FN4O2S/c1-10-21-14(8-25-10)15(24)22-11-5-6-13(19)12(7-11)18(4)9-17(2,3)26-16(20)23-18/h5-8H,9H2,1-4H3,(H2,20,23)(H,22,24). The van der Waals surface area contributed by atoms with Gasteiger partial charge in [-0.15, -0.1) is 0 Å². The predicted molar refractivity (Wildman–Crippen MR) is 101 cm³/mol. The third-order valence-electron chi connectivity index (χ3n) is 4.16. The normalized spacial score (nSPS) is 22.0. The van der Waals surface area contributed by atoms with Crippen molar-refractivity contribution in [1.29, 1.82) is 0 Å². The molecule has 138 valence electrons. The molecule has 3 rings (SSSR count). The smallest absolute Gasteiger partial charge is 0.277 e. The highest BCUT2D eigenvalue weighted by Crippen LogP contribution is 2.45. The van der Waals surface area contributed by atoms with Crippen LogP contribution in [0.4, 0.5) is 10.1 Å². The van der Waals surface area contributed by atoms with Crippen molar-refractivity contribution in [2.45, 2.75) is 44.4 Å². The Labute approximate surface area is 155 Å². The number of aliphatic imine (C=N–C) groups is 1. The molecule has 2 heterocycles. The third-order valence-corrected chi connectivity index (χ3v) is 5.16. The summed E-state index contributed by atoms with van der Waals surface area (Å²) in [5, 5.41) is 3.14. The minimum atomic E-state index is -0.811. The Kier molecular flexibility index (Phi) is 4.56. The van der Waals surface area contributed by atoms with Crippen molar-refractivity contribution < 1.29 is 13.6 Å². The number of aryl methyl sites for hydroxylation is 1. The van der Waals surface area contributed by atoms with Gasteiger partial charge in [0.2, 0.25) is 0 Å². The summed E-state index contributed by atoms with van der Waals surface area (Å²) in [5.41, 5.74) is 6.17. The number of benzene rings is 1. The second kappa shape index (κ2) is 6.42. The minimum Gasteiger partial charge on any atom is -0.448 e. The van der Waals surface area contributed by atoms with Crippen molar-refractivity contribution in [2.75, 3.05) is 5.32 Å². The summed E-state index contributed by atoms with van der Waals surface area (Å²) in [6, 6.07) is 4.43. The van der Waals surface area contributed by atoms with Gasteiger partial charge in [0, 0.05) is 22.9 Å². The Balaban J connectivity index is 1.93. The number of carbonyl (C=O) groups is 1. The zero-order valence-corrected chi connectivity index (χ0v) is 15.9. The van der Waals surface area contributed by atoms with Gasteiger partial charge in [-0.25, -0.2) is 9.37 Å². The first-order valence-electron chi connectivity index (χ1n) is 8.16. The summed E-state index contributed by atoms with van der Waals surface area (Å²) in [5.74, 6) is -0.414. The lowest BCUT2D eigenvalue weighted by molar-refractivity contribution is 0.102. The molecule has 0 saturated heterocycles. The van der Waals surface area contributed by atoms with Gasteiger partial charge in [0.15, 0.2) is 16.8 Å². The fraction of sp³-hybridized carbons (Fsp3) is 0.389. The van der Waals surface area contributed by atoms with E-state index in [1.54, 1.807) is 13.0 Å². The Morgan fingerprint density at radius 3 is 2.73 bits per heavy atom. The van der Waals surface area contributed by atoms with Gasteiger partial charge in [-0.05, 0) is 31.5 Å². The van der Waals surface area contributed by atoms with E-state index in [9.17, 15) is 9.18 Å². The number of halogens is 1. The Hall–Kier alpha value is -2.35. The van der Waals surface area contributed by atoms with Gasteiger partial charge in [-0.1, -0.05) is 25.6 Å². The molecule has 0 bridgehead atoms. The quantitative estimate of drug-likeness (QED) is 0.849. The number of anilines is 1. The molecule has 0 radical (unpaired) electrons. The van der Waals surface area contributed by atoms with E-state index in [0.29, 0.717) is 28.7 Å². The van der Waals surface area contributed by atoms with Crippen molar-refractivity contribution in [3.63, 3.8) is 0 Å². The number of hydrogen-bond donors (Lipinski definition) is 2. The molecule has 1 aromatic heterocycles. The first kappa shape index (κ1) is 18.4. The number of thioether (sulfide) groups is 1. The van der Waals surface area contributed by atoms with E-state index in [2.05, 4.69) is 15.3 Å². The molecule has 1 atom stereocenters. The first-order chi connectivity index (χ1) is 12.1. The van der Waals surface area contributed by atoms with Crippen LogP contribution >= 0.6 is 11.8 Å². The van der Waals surface area contributed by atoms with Crippen LogP contribution in [-0.2, 0) is 5.54 Å². The van der Waals surface area contributed by atoms with E-state index >= 15 is 0 Å². The number of nitrogens with two attached hydrogens (primary N) is 1. The minimum absolute atomic E-state index is 0.164. The van der Waals surface area contributed by atoms with Gasteiger partial charge in [-0.2, -0.15) is 0 Å². The van der Waals surface area contributed by atoms with Crippen LogP contribution < -0.4 is 11.1 Å². The van der Waals surface area contributed by atoms with E-state index in [1.807, 2.05) is 20.8 Å². The van der Waals surface area contributed by atoms with Crippen LogP contribution in [0.3, 0.4) is 0 Å². The zero-order chi connectivity index (χ0) is 19.1. The lowest BCUT2D eigenvalue weighted by Crippen LogP contribution is -2.38. The average Bonchev–Trinajstić information content (AvgIpc) is 2.93. The first-order valence-corrected chi connectivity index (χ1v) is 8.97. The number of amides is 1. The maximum atomic E-state index is 14.6. The number of hydrogen-bond acceptors (Lipinski definition) is 6. The van der Waals surface area contributed by atoms with Crippen LogP contribution in [0.25, 0.3) is 0 Å². The summed E-state index contributed by atoms with van der Waals surface area (Å²) in [6.07, 6.45) is 1.89. The Bertz CT molecular complexity index is 893. The summed E-state index contributed by atoms with van der Waals surface area (Å²) in [7, 11) is 0. The largest absolute Gasteiger partial charge is 0.448 e. The topological polar surface area (TPSA) is 93.5 Å². The fourth-order valence-corrected chi connectivity index (χ4v) is 4.45. The lowest BCUT2D eigenvalue weighted by atomic mass is 9.83. The number of carbonyl (C=O) groups excluding carboxylic acids is 1. The highest BCUT2D eigenvalue weighted by atomic mass is 32.2. The van der Waals surface area contributed by atoms with Gasteiger partial charge in [0.25, 0.3) is 5.91 Å². The molecule has 0 aliphatic carbocycles. The van der Waals surface area contributed by atoms with Crippen LogP contribution in [-0.4, -0.2) is 20.8 Å². The number of oxazole rings is 1. The molecular formula is C18H21FN4O2S. The van der Waals surface area contributed by atoms with E-state index < -0.39 is 11.4 Å². The number of amidine groups is 1. The molecule has 1 amide bonds. The van der Waals surface area contributed by atoms with Crippen molar-refractivity contribution >= 4 is 28.5 Å². The van der Waals surface area contributed by atoms with Gasteiger partial charge in [-0.3, -0.25) is 9.79 Å². The maximum Gasteiger partial charge on any atom is 0.277 e. The number of nitrogens with zero attached hydrogens (tertiary/aromatic N) is 2. The predicted octanol–water partition coefficient (Wildman–Crippen LogP) is 3.82.